The zero-order valence-corrected chi connectivity index (χ0v) is 14.3. The topological polar surface area (TPSA) is 54.5 Å². The van der Waals surface area contributed by atoms with Crippen molar-refractivity contribution in [3.63, 3.8) is 0 Å². The number of piperidine rings is 1. The summed E-state index contributed by atoms with van der Waals surface area (Å²) in [6, 6.07) is 8.91. The number of nitrogens with zero attached hydrogens (tertiary/aromatic N) is 2. The number of benzene rings is 1. The van der Waals surface area contributed by atoms with Crippen LogP contribution in [0.3, 0.4) is 0 Å². The van der Waals surface area contributed by atoms with E-state index in [0.717, 1.165) is 18.8 Å². The summed E-state index contributed by atoms with van der Waals surface area (Å²) in [4.78, 5) is 18.9. The van der Waals surface area contributed by atoms with Crippen LogP contribution in [0.5, 0.6) is 5.75 Å². The highest BCUT2D eigenvalue weighted by atomic mass is 35.5. The molecule has 0 bridgehead atoms. The van der Waals surface area contributed by atoms with E-state index in [1.165, 1.54) is 19.3 Å². The number of anilines is 2. The van der Waals surface area contributed by atoms with Gasteiger partial charge in [-0.1, -0.05) is 11.6 Å². The van der Waals surface area contributed by atoms with Crippen molar-refractivity contribution in [3.05, 3.63) is 47.2 Å². The van der Waals surface area contributed by atoms with Gasteiger partial charge in [-0.25, -0.2) is 0 Å². The average molecular weight is 346 g/mol. The molecule has 0 atom stereocenters. The summed E-state index contributed by atoms with van der Waals surface area (Å²) in [6.45, 7) is 2.05. The molecule has 0 saturated carbocycles. The molecule has 2 heterocycles. The molecule has 1 fully saturated rings. The van der Waals surface area contributed by atoms with E-state index in [2.05, 4.69) is 15.2 Å². The Morgan fingerprint density at radius 2 is 2.00 bits per heavy atom. The molecule has 1 N–H and O–H groups in total. The van der Waals surface area contributed by atoms with Gasteiger partial charge in [0.25, 0.3) is 5.91 Å². The number of halogens is 1. The molecule has 0 radical (unpaired) electrons. The number of carbonyl (C=O) groups is 1. The molecule has 3 rings (SSSR count). The third-order valence-electron chi connectivity index (χ3n) is 4.11. The lowest BCUT2D eigenvalue weighted by Crippen LogP contribution is -2.29. The maximum atomic E-state index is 12.4. The molecule has 0 spiro atoms. The first-order valence-corrected chi connectivity index (χ1v) is 8.41. The van der Waals surface area contributed by atoms with Crippen molar-refractivity contribution in [2.24, 2.45) is 0 Å². The van der Waals surface area contributed by atoms with Gasteiger partial charge in [-0.15, -0.1) is 0 Å². The fourth-order valence-corrected chi connectivity index (χ4v) is 3.09. The Bertz CT molecular complexity index is 730. The van der Waals surface area contributed by atoms with E-state index in [9.17, 15) is 4.79 Å². The van der Waals surface area contributed by atoms with Crippen molar-refractivity contribution in [1.29, 1.82) is 0 Å². The second-order valence-corrected chi connectivity index (χ2v) is 6.16. The van der Waals surface area contributed by atoms with Gasteiger partial charge in [0.05, 0.1) is 12.1 Å². The van der Waals surface area contributed by atoms with Gasteiger partial charge in [0.15, 0.2) is 0 Å². The second kappa shape index (κ2) is 7.53. The molecular weight excluding hydrogens is 326 g/mol. The monoisotopic (exact) mass is 345 g/mol. The number of nitrogens with one attached hydrogen (secondary N) is 1. The number of hydrogen-bond donors (Lipinski definition) is 1. The van der Waals surface area contributed by atoms with E-state index in [-0.39, 0.29) is 5.91 Å². The Morgan fingerprint density at radius 1 is 1.21 bits per heavy atom. The van der Waals surface area contributed by atoms with Crippen LogP contribution in [0.2, 0.25) is 5.02 Å². The average Bonchev–Trinajstić information content (AvgIpc) is 2.63. The smallest absolute Gasteiger partial charge is 0.274 e. The molecule has 1 aromatic carbocycles. The van der Waals surface area contributed by atoms with Crippen LogP contribution in [-0.4, -0.2) is 31.1 Å². The quantitative estimate of drug-likeness (QED) is 0.910. The molecule has 24 heavy (non-hydrogen) atoms. The first-order chi connectivity index (χ1) is 11.7. The van der Waals surface area contributed by atoms with Crippen molar-refractivity contribution in [2.75, 3.05) is 30.4 Å². The summed E-state index contributed by atoms with van der Waals surface area (Å²) in [5.41, 5.74) is 2.05. The van der Waals surface area contributed by atoms with Gasteiger partial charge in [-0.3, -0.25) is 9.78 Å². The number of ether oxygens (including phenoxy) is 1. The van der Waals surface area contributed by atoms with E-state index < -0.39 is 0 Å². The number of carbonyl (C=O) groups excluding carboxylic acids is 1. The summed E-state index contributed by atoms with van der Waals surface area (Å²) < 4.78 is 5.11. The van der Waals surface area contributed by atoms with Crippen LogP contribution in [0.15, 0.2) is 36.5 Å². The van der Waals surface area contributed by atoms with E-state index in [1.54, 1.807) is 31.5 Å². The molecule has 1 aliphatic rings. The lowest BCUT2D eigenvalue weighted by molar-refractivity contribution is 0.102. The molecule has 6 heteroatoms. The molecule has 126 valence electrons. The van der Waals surface area contributed by atoms with Gasteiger partial charge in [0, 0.05) is 30.7 Å². The van der Waals surface area contributed by atoms with E-state index in [4.69, 9.17) is 16.3 Å². The van der Waals surface area contributed by atoms with Gasteiger partial charge in [-0.2, -0.15) is 0 Å². The minimum Gasteiger partial charge on any atom is -0.495 e. The molecular formula is C18H20ClN3O2. The normalized spacial score (nSPS) is 14.3. The molecule has 1 aromatic heterocycles. The van der Waals surface area contributed by atoms with Crippen LogP contribution in [0, 0.1) is 0 Å². The SMILES string of the molecule is COc1ccc(NC(=O)c2cc(N3CCCCC3)ccn2)cc1Cl. The molecule has 1 amide bonds. The first-order valence-electron chi connectivity index (χ1n) is 8.03. The van der Waals surface area contributed by atoms with Crippen molar-refractivity contribution < 1.29 is 9.53 Å². The lowest BCUT2D eigenvalue weighted by atomic mass is 10.1. The van der Waals surface area contributed by atoms with E-state index in [1.807, 2.05) is 12.1 Å². The van der Waals surface area contributed by atoms with Gasteiger partial charge >= 0.3 is 0 Å². The van der Waals surface area contributed by atoms with E-state index in [0.29, 0.717) is 22.2 Å². The van der Waals surface area contributed by atoms with Crippen LogP contribution in [-0.2, 0) is 0 Å². The molecule has 0 unspecified atom stereocenters. The zero-order valence-electron chi connectivity index (χ0n) is 13.6. The summed E-state index contributed by atoms with van der Waals surface area (Å²) >= 11 is 6.09. The Morgan fingerprint density at radius 3 is 2.71 bits per heavy atom. The Kier molecular flexibility index (Phi) is 5.20. The number of methoxy groups -OCH3 is 1. The lowest BCUT2D eigenvalue weighted by Gasteiger charge is -2.28. The van der Waals surface area contributed by atoms with E-state index >= 15 is 0 Å². The highest BCUT2D eigenvalue weighted by Crippen LogP contribution is 2.27. The number of hydrogen-bond acceptors (Lipinski definition) is 4. The van der Waals surface area contributed by atoms with Crippen LogP contribution in [0.25, 0.3) is 0 Å². The number of aromatic nitrogens is 1. The van der Waals surface area contributed by atoms with Crippen molar-refractivity contribution in [2.45, 2.75) is 19.3 Å². The number of pyridine rings is 1. The third kappa shape index (κ3) is 3.79. The molecule has 1 aliphatic heterocycles. The Labute approximate surface area is 146 Å². The predicted octanol–water partition coefficient (Wildman–Crippen LogP) is 3.99. The van der Waals surface area contributed by atoms with Gasteiger partial charge < -0.3 is 15.0 Å². The molecule has 1 saturated heterocycles. The van der Waals surface area contributed by atoms with Gasteiger partial charge in [0.1, 0.15) is 11.4 Å². The Balaban J connectivity index is 1.74. The zero-order chi connectivity index (χ0) is 16.9. The Hall–Kier alpha value is -2.27. The highest BCUT2D eigenvalue weighted by Gasteiger charge is 2.14. The van der Waals surface area contributed by atoms with Gasteiger partial charge in [-0.05, 0) is 49.6 Å². The van der Waals surface area contributed by atoms with Gasteiger partial charge in [0.2, 0.25) is 0 Å². The maximum absolute atomic E-state index is 12.4. The van der Waals surface area contributed by atoms with Crippen LogP contribution < -0.4 is 15.0 Å². The van der Waals surface area contributed by atoms with Crippen LogP contribution in [0.1, 0.15) is 29.8 Å². The summed E-state index contributed by atoms with van der Waals surface area (Å²) in [6.07, 6.45) is 5.33. The fraction of sp³-hybridized carbons (Fsp3) is 0.333. The van der Waals surface area contributed by atoms with Crippen LogP contribution in [0.4, 0.5) is 11.4 Å². The minimum atomic E-state index is -0.255. The maximum Gasteiger partial charge on any atom is 0.274 e. The second-order valence-electron chi connectivity index (χ2n) is 5.75. The first kappa shape index (κ1) is 16.6. The summed E-state index contributed by atoms with van der Waals surface area (Å²) in [7, 11) is 1.55. The van der Waals surface area contributed by atoms with Crippen molar-refractivity contribution in [1.82, 2.24) is 4.98 Å². The standard InChI is InChI=1S/C18H20ClN3O2/c1-24-17-6-5-13(11-15(17)19)21-18(23)16-12-14(7-8-20-16)22-9-3-2-4-10-22/h5-8,11-12H,2-4,9-10H2,1H3,(H,21,23). The van der Waals surface area contributed by atoms with Crippen molar-refractivity contribution in [3.8, 4) is 5.75 Å². The molecule has 2 aromatic rings. The highest BCUT2D eigenvalue weighted by molar-refractivity contribution is 6.32. The fourth-order valence-electron chi connectivity index (χ4n) is 2.83. The van der Waals surface area contributed by atoms with Crippen LogP contribution >= 0.6 is 11.6 Å². The van der Waals surface area contributed by atoms with Crippen molar-refractivity contribution >= 4 is 28.9 Å². The number of amides is 1. The predicted molar refractivity (Wildman–Crippen MR) is 96.3 cm³/mol. The summed E-state index contributed by atoms with van der Waals surface area (Å²) in [5, 5.41) is 3.27. The largest absolute Gasteiger partial charge is 0.495 e. The summed E-state index contributed by atoms with van der Waals surface area (Å²) in [5.74, 6) is 0.315. The third-order valence-corrected chi connectivity index (χ3v) is 4.40. The molecule has 5 nitrogen and oxygen atoms in total. The number of rotatable bonds is 4. The minimum absolute atomic E-state index is 0.255. The molecule has 0 aliphatic carbocycles.